The van der Waals surface area contributed by atoms with E-state index in [0.717, 1.165) is 43.1 Å². The number of hydrogen-bond acceptors (Lipinski definition) is 4. The van der Waals surface area contributed by atoms with Crippen LogP contribution in [-0.2, 0) is 9.59 Å². The third-order valence-electron chi connectivity index (χ3n) is 5.42. The Labute approximate surface area is 161 Å². The van der Waals surface area contributed by atoms with Crippen LogP contribution in [0.3, 0.4) is 0 Å². The maximum atomic E-state index is 12.3. The van der Waals surface area contributed by atoms with Crippen LogP contribution in [0.4, 0.5) is 0 Å². The van der Waals surface area contributed by atoms with Crippen LogP contribution >= 0.6 is 11.8 Å². The first kappa shape index (κ1) is 21.3. The number of rotatable bonds is 12. The van der Waals surface area contributed by atoms with Crippen molar-refractivity contribution in [1.29, 1.82) is 0 Å². The van der Waals surface area contributed by atoms with E-state index in [4.69, 9.17) is 5.11 Å². The first-order valence-corrected chi connectivity index (χ1v) is 11.2. The van der Waals surface area contributed by atoms with Crippen molar-refractivity contribution in [2.24, 2.45) is 5.92 Å². The van der Waals surface area contributed by atoms with Crippen LogP contribution in [0.15, 0.2) is 12.2 Å². The predicted molar refractivity (Wildman–Crippen MR) is 105 cm³/mol. The fraction of sp³-hybridized carbons (Fsp3) is 0.800. The van der Waals surface area contributed by atoms with Crippen molar-refractivity contribution in [3.8, 4) is 0 Å². The van der Waals surface area contributed by atoms with E-state index in [-0.39, 0.29) is 18.4 Å². The summed E-state index contributed by atoms with van der Waals surface area (Å²) in [6.45, 7) is 0.698. The van der Waals surface area contributed by atoms with E-state index in [0.29, 0.717) is 19.4 Å². The molecule has 148 valence electrons. The zero-order chi connectivity index (χ0) is 18.8. The number of carboxylic acids is 1. The summed E-state index contributed by atoms with van der Waals surface area (Å²) in [5, 5.41) is 18.8. The van der Waals surface area contributed by atoms with Crippen molar-refractivity contribution in [3.05, 3.63) is 12.2 Å². The number of piperidine rings is 1. The molecule has 2 N–H and O–H groups in total. The van der Waals surface area contributed by atoms with Gasteiger partial charge in [0.2, 0.25) is 5.91 Å². The molecule has 1 heterocycles. The molecule has 2 fully saturated rings. The van der Waals surface area contributed by atoms with Crippen LogP contribution in [0.25, 0.3) is 0 Å². The summed E-state index contributed by atoms with van der Waals surface area (Å²) in [7, 11) is 0. The Balaban J connectivity index is 1.70. The van der Waals surface area contributed by atoms with Crippen molar-refractivity contribution >= 4 is 23.6 Å². The number of aliphatic carboxylic acids is 1. The van der Waals surface area contributed by atoms with Gasteiger partial charge in [0.1, 0.15) is 0 Å². The lowest BCUT2D eigenvalue weighted by Crippen LogP contribution is -2.43. The van der Waals surface area contributed by atoms with E-state index < -0.39 is 12.1 Å². The second kappa shape index (κ2) is 11.7. The molecule has 1 aliphatic carbocycles. The molecule has 26 heavy (non-hydrogen) atoms. The number of carbonyl (C=O) groups excluding carboxylic acids is 1. The summed E-state index contributed by atoms with van der Waals surface area (Å²) in [5.41, 5.74) is 0. The molecule has 1 amide bonds. The van der Waals surface area contributed by atoms with Gasteiger partial charge in [-0.1, -0.05) is 31.4 Å². The van der Waals surface area contributed by atoms with Crippen molar-refractivity contribution < 1.29 is 19.8 Å². The summed E-state index contributed by atoms with van der Waals surface area (Å²) >= 11 is 1.71. The van der Waals surface area contributed by atoms with Gasteiger partial charge >= 0.3 is 5.97 Å². The van der Waals surface area contributed by atoms with Crippen molar-refractivity contribution in [1.82, 2.24) is 4.90 Å². The van der Waals surface area contributed by atoms with Crippen LogP contribution in [0.2, 0.25) is 0 Å². The van der Waals surface area contributed by atoms with Gasteiger partial charge in [0.25, 0.3) is 0 Å². The molecule has 2 rings (SSSR count). The average molecular weight is 384 g/mol. The van der Waals surface area contributed by atoms with E-state index in [9.17, 15) is 14.7 Å². The molecule has 0 spiro atoms. The van der Waals surface area contributed by atoms with Crippen LogP contribution in [0, 0.1) is 5.92 Å². The summed E-state index contributed by atoms with van der Waals surface area (Å²) in [5.74, 6) is 1.90. The van der Waals surface area contributed by atoms with Crippen LogP contribution < -0.4 is 0 Å². The molecule has 6 heteroatoms. The molecule has 5 nitrogen and oxygen atoms in total. The zero-order valence-corrected chi connectivity index (χ0v) is 16.5. The van der Waals surface area contributed by atoms with E-state index in [2.05, 4.69) is 0 Å². The SMILES string of the molecule is O=C(O)CCCSCCN1C(=O)CCC[C@@H]1/C=C/[C@@H](O)CCC1CCC1. The first-order chi connectivity index (χ1) is 12.6. The number of hydrogen-bond donors (Lipinski definition) is 2. The monoisotopic (exact) mass is 383 g/mol. The highest BCUT2D eigenvalue weighted by Gasteiger charge is 2.26. The molecule has 0 aromatic heterocycles. The second-order valence-corrected chi connectivity index (χ2v) is 8.71. The van der Waals surface area contributed by atoms with E-state index in [1.165, 1.54) is 19.3 Å². The highest BCUT2D eigenvalue weighted by atomic mass is 32.2. The number of carbonyl (C=O) groups is 2. The Morgan fingerprint density at radius 3 is 2.77 bits per heavy atom. The molecule has 1 aliphatic heterocycles. The number of likely N-dealkylation sites (tertiary alicyclic amines) is 1. The minimum atomic E-state index is -0.752. The Bertz CT molecular complexity index is 478. The highest BCUT2D eigenvalue weighted by molar-refractivity contribution is 7.99. The summed E-state index contributed by atoms with van der Waals surface area (Å²) in [6, 6.07) is 0.0919. The third kappa shape index (κ3) is 7.70. The van der Waals surface area contributed by atoms with Gasteiger partial charge in [-0.25, -0.2) is 0 Å². The molecule has 1 saturated carbocycles. The minimum Gasteiger partial charge on any atom is -0.481 e. The first-order valence-electron chi connectivity index (χ1n) is 10.0. The molecular weight excluding hydrogens is 350 g/mol. The molecule has 0 aromatic rings. The van der Waals surface area contributed by atoms with Crippen molar-refractivity contribution in [2.45, 2.75) is 76.4 Å². The number of carboxylic acid groups (broad SMARTS) is 1. The van der Waals surface area contributed by atoms with Gasteiger partial charge in [0.15, 0.2) is 0 Å². The van der Waals surface area contributed by atoms with E-state index in [1.807, 2.05) is 17.1 Å². The number of amides is 1. The maximum Gasteiger partial charge on any atom is 0.303 e. The summed E-state index contributed by atoms with van der Waals surface area (Å²) in [6.07, 6.45) is 12.7. The van der Waals surface area contributed by atoms with E-state index in [1.54, 1.807) is 11.8 Å². The standard InChI is InChI=1S/C20H33NO4S/c22-18(11-9-16-4-1-5-16)12-10-17-6-2-7-19(23)21(17)13-15-26-14-3-8-20(24)25/h10,12,16-18,22H,1-9,11,13-15H2,(H,24,25)/b12-10+/t17-,18+/m1/s1. The molecule has 0 aromatic carbocycles. The lowest BCUT2D eigenvalue weighted by atomic mass is 9.81. The molecule has 0 radical (unpaired) electrons. The van der Waals surface area contributed by atoms with Gasteiger partial charge in [0.05, 0.1) is 12.1 Å². The molecule has 2 aliphatic rings. The highest BCUT2D eigenvalue weighted by Crippen LogP contribution is 2.31. The normalized spacial score (nSPS) is 22.6. The fourth-order valence-electron chi connectivity index (χ4n) is 3.57. The minimum absolute atomic E-state index is 0.0919. The molecular formula is C20H33NO4S. The fourth-order valence-corrected chi connectivity index (χ4v) is 4.45. The van der Waals surface area contributed by atoms with Gasteiger partial charge in [-0.3, -0.25) is 9.59 Å². The Morgan fingerprint density at radius 1 is 1.27 bits per heavy atom. The molecule has 0 bridgehead atoms. The summed E-state index contributed by atoms with van der Waals surface area (Å²) < 4.78 is 0. The Morgan fingerprint density at radius 2 is 2.08 bits per heavy atom. The van der Waals surface area contributed by atoms with Crippen LogP contribution in [0.1, 0.15) is 64.2 Å². The second-order valence-electron chi connectivity index (χ2n) is 7.48. The van der Waals surface area contributed by atoms with Gasteiger partial charge in [-0.2, -0.15) is 11.8 Å². The zero-order valence-electron chi connectivity index (χ0n) is 15.6. The van der Waals surface area contributed by atoms with Crippen molar-refractivity contribution in [2.75, 3.05) is 18.1 Å². The van der Waals surface area contributed by atoms with Gasteiger partial charge in [-0.15, -0.1) is 0 Å². The topological polar surface area (TPSA) is 77.8 Å². The number of aliphatic hydroxyl groups is 1. The van der Waals surface area contributed by atoms with Gasteiger partial charge in [0, 0.05) is 25.1 Å². The quantitative estimate of drug-likeness (QED) is 0.399. The molecule has 0 unspecified atom stereocenters. The van der Waals surface area contributed by atoms with Crippen molar-refractivity contribution in [3.63, 3.8) is 0 Å². The number of aliphatic hydroxyl groups excluding tert-OH is 1. The lowest BCUT2D eigenvalue weighted by Gasteiger charge is -2.34. The third-order valence-corrected chi connectivity index (χ3v) is 6.47. The average Bonchev–Trinajstić information content (AvgIpc) is 2.56. The van der Waals surface area contributed by atoms with Gasteiger partial charge < -0.3 is 15.1 Å². The summed E-state index contributed by atoms with van der Waals surface area (Å²) in [4.78, 5) is 24.7. The Kier molecular flexibility index (Phi) is 9.54. The predicted octanol–water partition coefficient (Wildman–Crippen LogP) is 3.46. The van der Waals surface area contributed by atoms with Crippen LogP contribution in [-0.4, -0.2) is 57.2 Å². The van der Waals surface area contributed by atoms with Crippen LogP contribution in [0.5, 0.6) is 0 Å². The lowest BCUT2D eigenvalue weighted by molar-refractivity contribution is -0.137. The molecule has 1 saturated heterocycles. The largest absolute Gasteiger partial charge is 0.481 e. The number of thioether (sulfide) groups is 1. The Hall–Kier alpha value is -1.01. The maximum absolute atomic E-state index is 12.3. The van der Waals surface area contributed by atoms with Gasteiger partial charge in [-0.05, 0) is 43.8 Å². The number of nitrogens with zero attached hydrogens (tertiary/aromatic N) is 1. The van der Waals surface area contributed by atoms with E-state index >= 15 is 0 Å². The molecule has 2 atom stereocenters. The smallest absolute Gasteiger partial charge is 0.303 e.